The Hall–Kier alpha value is -0.920. The van der Waals surface area contributed by atoms with Gasteiger partial charge in [0.05, 0.1) is 6.07 Å². The summed E-state index contributed by atoms with van der Waals surface area (Å²) in [5.74, 6) is -0.452. The third kappa shape index (κ3) is 1.81. The number of nitriles is 1. The second kappa shape index (κ2) is 3.65. The number of hydrogen-bond donors (Lipinski definition) is 1. The van der Waals surface area contributed by atoms with Gasteiger partial charge >= 0.3 is 0 Å². The molecule has 0 radical (unpaired) electrons. The van der Waals surface area contributed by atoms with E-state index in [4.69, 9.17) is 11.0 Å². The van der Waals surface area contributed by atoms with Crippen LogP contribution in [0.4, 0.5) is 4.39 Å². The van der Waals surface area contributed by atoms with Crippen LogP contribution >= 0.6 is 15.9 Å². The molecule has 0 aromatic heterocycles. The molecule has 0 aliphatic rings. The Kier molecular flexibility index (Phi) is 2.79. The Morgan fingerprint density at radius 3 is 2.83 bits per heavy atom. The van der Waals surface area contributed by atoms with Crippen molar-refractivity contribution in [3.8, 4) is 6.07 Å². The van der Waals surface area contributed by atoms with Crippen LogP contribution in [-0.4, -0.2) is 0 Å². The summed E-state index contributed by atoms with van der Waals surface area (Å²) in [6.07, 6.45) is 0. The van der Waals surface area contributed by atoms with E-state index >= 15 is 0 Å². The van der Waals surface area contributed by atoms with Crippen LogP contribution in [0.25, 0.3) is 0 Å². The van der Waals surface area contributed by atoms with Gasteiger partial charge in [0.25, 0.3) is 0 Å². The van der Waals surface area contributed by atoms with Gasteiger partial charge in [-0.1, -0.05) is 15.9 Å². The minimum atomic E-state index is -0.900. The molecule has 0 aliphatic carbocycles. The lowest BCUT2D eigenvalue weighted by atomic mass is 10.1. The molecule has 0 saturated heterocycles. The summed E-state index contributed by atoms with van der Waals surface area (Å²) in [5, 5.41) is 8.45. The monoisotopic (exact) mass is 228 g/mol. The van der Waals surface area contributed by atoms with Crippen LogP contribution in [0.2, 0.25) is 0 Å². The van der Waals surface area contributed by atoms with Crippen molar-refractivity contribution >= 4 is 15.9 Å². The molecule has 2 N–H and O–H groups in total. The first-order valence-corrected chi connectivity index (χ1v) is 4.04. The van der Waals surface area contributed by atoms with Gasteiger partial charge in [-0.2, -0.15) is 5.26 Å². The lowest BCUT2D eigenvalue weighted by Gasteiger charge is -2.04. The zero-order valence-corrected chi connectivity index (χ0v) is 7.68. The van der Waals surface area contributed by atoms with Gasteiger partial charge < -0.3 is 5.73 Å². The molecule has 2 nitrogen and oxygen atoms in total. The van der Waals surface area contributed by atoms with Gasteiger partial charge in [-0.15, -0.1) is 0 Å². The summed E-state index contributed by atoms with van der Waals surface area (Å²) in [6.45, 7) is 0. The SMILES string of the molecule is N#C[C@H](N)c1cc(Br)ccc1F. The van der Waals surface area contributed by atoms with E-state index in [1.54, 1.807) is 12.1 Å². The topological polar surface area (TPSA) is 49.8 Å². The van der Waals surface area contributed by atoms with E-state index in [9.17, 15) is 4.39 Å². The fraction of sp³-hybridized carbons (Fsp3) is 0.125. The summed E-state index contributed by atoms with van der Waals surface area (Å²) >= 11 is 3.16. The van der Waals surface area contributed by atoms with Gasteiger partial charge in [0.1, 0.15) is 11.9 Å². The molecule has 0 spiro atoms. The van der Waals surface area contributed by atoms with Gasteiger partial charge in [0, 0.05) is 10.0 Å². The lowest BCUT2D eigenvalue weighted by molar-refractivity contribution is 0.603. The third-order valence-electron chi connectivity index (χ3n) is 1.43. The van der Waals surface area contributed by atoms with Crippen LogP contribution in [0.1, 0.15) is 11.6 Å². The van der Waals surface area contributed by atoms with Crippen LogP contribution in [0, 0.1) is 17.1 Å². The molecular formula is C8H6BrFN2. The van der Waals surface area contributed by atoms with Crippen LogP contribution in [0.15, 0.2) is 22.7 Å². The van der Waals surface area contributed by atoms with E-state index in [1.165, 1.54) is 12.1 Å². The predicted molar refractivity (Wildman–Crippen MR) is 46.6 cm³/mol. The molecular weight excluding hydrogens is 223 g/mol. The molecule has 1 rings (SSSR count). The second-order valence-corrected chi connectivity index (χ2v) is 3.19. The lowest BCUT2D eigenvalue weighted by Crippen LogP contribution is -2.09. The number of nitrogens with zero attached hydrogens (tertiary/aromatic N) is 1. The molecule has 62 valence electrons. The molecule has 1 aromatic carbocycles. The van der Waals surface area contributed by atoms with Gasteiger partial charge in [-0.25, -0.2) is 4.39 Å². The highest BCUT2D eigenvalue weighted by Gasteiger charge is 2.09. The van der Waals surface area contributed by atoms with Crippen molar-refractivity contribution in [1.29, 1.82) is 5.26 Å². The maximum absolute atomic E-state index is 13.0. The fourth-order valence-electron chi connectivity index (χ4n) is 0.822. The second-order valence-electron chi connectivity index (χ2n) is 2.27. The number of rotatable bonds is 1. The Morgan fingerprint density at radius 1 is 1.58 bits per heavy atom. The Labute approximate surface area is 77.9 Å². The van der Waals surface area contributed by atoms with E-state index in [1.807, 2.05) is 0 Å². The highest BCUT2D eigenvalue weighted by molar-refractivity contribution is 9.10. The molecule has 0 heterocycles. The number of nitrogens with two attached hydrogens (primary N) is 1. The van der Waals surface area contributed by atoms with Gasteiger partial charge in [-0.05, 0) is 18.2 Å². The summed E-state index contributed by atoms with van der Waals surface area (Å²) in [7, 11) is 0. The Morgan fingerprint density at radius 2 is 2.25 bits per heavy atom. The standard InChI is InChI=1S/C8H6BrFN2/c9-5-1-2-7(10)6(3-5)8(12)4-11/h1-3,8H,12H2/t8-/m0/s1. The first-order valence-electron chi connectivity index (χ1n) is 3.25. The molecule has 0 unspecified atom stereocenters. The van der Waals surface area contributed by atoms with E-state index in [2.05, 4.69) is 15.9 Å². The fourth-order valence-corrected chi connectivity index (χ4v) is 1.20. The minimum Gasteiger partial charge on any atom is -0.312 e. The summed E-state index contributed by atoms with van der Waals surface area (Å²) in [4.78, 5) is 0. The highest BCUT2D eigenvalue weighted by atomic mass is 79.9. The smallest absolute Gasteiger partial charge is 0.129 e. The molecule has 0 fully saturated rings. The summed E-state index contributed by atoms with van der Waals surface area (Å²) in [6, 6.07) is 5.20. The maximum Gasteiger partial charge on any atom is 0.129 e. The van der Waals surface area contributed by atoms with E-state index in [0.29, 0.717) is 4.47 Å². The van der Waals surface area contributed by atoms with Gasteiger partial charge in [0.15, 0.2) is 0 Å². The van der Waals surface area contributed by atoms with Crippen molar-refractivity contribution < 1.29 is 4.39 Å². The third-order valence-corrected chi connectivity index (χ3v) is 1.93. The average Bonchev–Trinajstić information content (AvgIpc) is 2.08. The van der Waals surface area contributed by atoms with Gasteiger partial charge in [0.2, 0.25) is 0 Å². The van der Waals surface area contributed by atoms with E-state index in [0.717, 1.165) is 0 Å². The largest absolute Gasteiger partial charge is 0.312 e. The molecule has 0 aliphatic heterocycles. The van der Waals surface area contributed by atoms with Crippen molar-refractivity contribution in [3.63, 3.8) is 0 Å². The quantitative estimate of drug-likeness (QED) is 0.801. The Bertz CT molecular complexity index is 332. The Balaban J connectivity index is 3.15. The van der Waals surface area contributed by atoms with Crippen LogP contribution in [0.5, 0.6) is 0 Å². The number of halogens is 2. The zero-order valence-electron chi connectivity index (χ0n) is 6.09. The summed E-state index contributed by atoms with van der Waals surface area (Å²) in [5.41, 5.74) is 5.56. The summed E-state index contributed by atoms with van der Waals surface area (Å²) < 4.78 is 13.7. The zero-order chi connectivity index (χ0) is 9.14. The number of hydrogen-bond acceptors (Lipinski definition) is 2. The molecule has 12 heavy (non-hydrogen) atoms. The molecule has 0 saturated carbocycles. The van der Waals surface area contributed by atoms with Gasteiger partial charge in [-0.3, -0.25) is 0 Å². The van der Waals surface area contributed by atoms with Crippen molar-refractivity contribution in [2.75, 3.05) is 0 Å². The van der Waals surface area contributed by atoms with Crippen molar-refractivity contribution in [1.82, 2.24) is 0 Å². The molecule has 1 aromatic rings. The predicted octanol–water partition coefficient (Wildman–Crippen LogP) is 2.11. The molecule has 0 amide bonds. The number of benzene rings is 1. The first kappa shape index (κ1) is 9.17. The maximum atomic E-state index is 13.0. The van der Waals surface area contributed by atoms with Crippen molar-refractivity contribution in [2.24, 2.45) is 5.73 Å². The average molecular weight is 229 g/mol. The van der Waals surface area contributed by atoms with Crippen LogP contribution in [-0.2, 0) is 0 Å². The minimum absolute atomic E-state index is 0.215. The molecule has 0 bridgehead atoms. The molecule has 4 heteroatoms. The van der Waals surface area contributed by atoms with E-state index < -0.39 is 11.9 Å². The normalized spacial score (nSPS) is 12.2. The van der Waals surface area contributed by atoms with Crippen molar-refractivity contribution in [2.45, 2.75) is 6.04 Å². The van der Waals surface area contributed by atoms with Crippen LogP contribution in [0.3, 0.4) is 0 Å². The van der Waals surface area contributed by atoms with Crippen LogP contribution < -0.4 is 5.73 Å². The molecule has 1 atom stereocenters. The first-order chi connectivity index (χ1) is 5.65. The highest BCUT2D eigenvalue weighted by Crippen LogP contribution is 2.19. The van der Waals surface area contributed by atoms with E-state index in [-0.39, 0.29) is 5.56 Å². The van der Waals surface area contributed by atoms with Crippen molar-refractivity contribution in [3.05, 3.63) is 34.1 Å².